The lowest BCUT2D eigenvalue weighted by atomic mass is 10.00. The van der Waals surface area contributed by atoms with E-state index in [4.69, 9.17) is 9.47 Å². The number of ether oxygens (including phenoxy) is 2. The van der Waals surface area contributed by atoms with Crippen LogP contribution < -0.4 is 19.7 Å². The van der Waals surface area contributed by atoms with Gasteiger partial charge in [-0.25, -0.2) is 4.68 Å². The second kappa shape index (κ2) is 12.4. The van der Waals surface area contributed by atoms with Gasteiger partial charge in [-0.2, -0.15) is 0 Å². The van der Waals surface area contributed by atoms with Gasteiger partial charge in [-0.15, -0.1) is 5.10 Å². The van der Waals surface area contributed by atoms with Gasteiger partial charge in [0.2, 0.25) is 11.8 Å². The number of amides is 2. The fourth-order valence-electron chi connectivity index (χ4n) is 4.51. The number of anilines is 1. The molecule has 4 aromatic rings. The minimum atomic E-state index is -1.01. The van der Waals surface area contributed by atoms with Gasteiger partial charge in [0.05, 0.1) is 19.7 Å². The number of nitrogens with zero attached hydrogens (tertiary/aromatic N) is 4. The number of hydrogen-bond donors (Lipinski definition) is 1. The number of aryl methyl sites for hydroxylation is 1. The molecule has 0 aliphatic rings. The molecule has 0 aliphatic carbocycles. The number of rotatable bonds is 11. The fourth-order valence-corrected chi connectivity index (χ4v) is 4.51. The van der Waals surface area contributed by atoms with Crippen molar-refractivity contribution in [3.8, 4) is 11.5 Å². The van der Waals surface area contributed by atoms with Crippen LogP contribution in [0, 0.1) is 12.8 Å². The average Bonchev–Trinajstić information content (AvgIpc) is 3.34. The van der Waals surface area contributed by atoms with Gasteiger partial charge >= 0.3 is 0 Å². The number of para-hydroxylation sites is 2. The first kappa shape index (κ1) is 27.6. The van der Waals surface area contributed by atoms with E-state index in [2.05, 4.69) is 29.5 Å². The van der Waals surface area contributed by atoms with Crippen LogP contribution in [0.25, 0.3) is 11.0 Å². The molecule has 4 rings (SSSR count). The topological polar surface area (TPSA) is 98.6 Å². The summed E-state index contributed by atoms with van der Waals surface area (Å²) in [5.74, 6) is 0.809. The Balaban J connectivity index is 1.84. The molecule has 0 fully saturated rings. The highest BCUT2D eigenvalue weighted by Crippen LogP contribution is 2.37. The third-order valence-electron chi connectivity index (χ3n) is 6.61. The molecular weight excluding hydrogens is 494 g/mol. The largest absolute Gasteiger partial charge is 0.497 e. The summed E-state index contributed by atoms with van der Waals surface area (Å²) >= 11 is 0. The number of carbonyl (C=O) groups is 2. The molecule has 0 saturated carbocycles. The van der Waals surface area contributed by atoms with Crippen LogP contribution in [0.2, 0.25) is 0 Å². The monoisotopic (exact) mass is 529 g/mol. The lowest BCUT2D eigenvalue weighted by Crippen LogP contribution is -2.46. The van der Waals surface area contributed by atoms with Gasteiger partial charge in [-0.1, -0.05) is 49.4 Å². The molecule has 0 spiro atoms. The summed E-state index contributed by atoms with van der Waals surface area (Å²) in [6.45, 7) is 6.49. The summed E-state index contributed by atoms with van der Waals surface area (Å²) < 4.78 is 12.6. The van der Waals surface area contributed by atoms with Crippen LogP contribution in [0.3, 0.4) is 0 Å². The number of hydrogen-bond acceptors (Lipinski definition) is 6. The molecule has 9 nitrogen and oxygen atoms in total. The summed E-state index contributed by atoms with van der Waals surface area (Å²) in [7, 11) is 3.10. The maximum atomic E-state index is 14.2. The number of nitrogens with one attached hydrogen (secondary N) is 1. The molecule has 3 aromatic carbocycles. The number of fused-ring (bicyclic) bond motifs is 1. The molecule has 0 bridgehead atoms. The smallest absolute Gasteiger partial charge is 0.249 e. The highest BCUT2D eigenvalue weighted by Gasteiger charge is 2.36. The molecule has 0 unspecified atom stereocenters. The molecule has 204 valence electrons. The maximum Gasteiger partial charge on any atom is 0.249 e. The van der Waals surface area contributed by atoms with Gasteiger partial charge < -0.3 is 14.8 Å². The van der Waals surface area contributed by atoms with Crippen molar-refractivity contribution in [1.29, 1.82) is 0 Å². The van der Waals surface area contributed by atoms with Gasteiger partial charge in [0.25, 0.3) is 0 Å². The first-order valence-electron chi connectivity index (χ1n) is 13.0. The Morgan fingerprint density at radius 2 is 1.74 bits per heavy atom. The van der Waals surface area contributed by atoms with E-state index in [0.29, 0.717) is 40.7 Å². The number of carbonyl (C=O) groups excluding carboxylic acids is 2. The molecule has 2 amide bonds. The Kier molecular flexibility index (Phi) is 8.81. The van der Waals surface area contributed by atoms with E-state index in [9.17, 15) is 9.59 Å². The van der Waals surface area contributed by atoms with Crippen molar-refractivity contribution in [2.24, 2.45) is 5.92 Å². The van der Waals surface area contributed by atoms with Gasteiger partial charge in [-0.3, -0.25) is 14.5 Å². The standard InChI is InChI=1S/C30H35N5O4/c1-20(2)16-17-31-30(37)29(23-15-14-22(38-4)18-27(23)39-5)35(25-12-8-6-10-21(25)3)28(36)19-34-26-13-9-7-11-24(26)32-33-34/h6-15,18,20,29H,16-17,19H2,1-5H3,(H,31,37)/t29-/m1/s1. The van der Waals surface area contributed by atoms with Crippen molar-refractivity contribution in [3.63, 3.8) is 0 Å². The van der Waals surface area contributed by atoms with Crippen molar-refractivity contribution in [2.45, 2.75) is 39.8 Å². The molecule has 1 aromatic heterocycles. The molecule has 0 aliphatic heterocycles. The molecule has 9 heteroatoms. The van der Waals surface area contributed by atoms with E-state index >= 15 is 0 Å². The molecule has 0 radical (unpaired) electrons. The quantitative estimate of drug-likeness (QED) is 0.303. The predicted octanol–water partition coefficient (Wildman–Crippen LogP) is 4.69. The summed E-state index contributed by atoms with van der Waals surface area (Å²) in [6.07, 6.45) is 0.807. The second-order valence-electron chi connectivity index (χ2n) is 9.77. The van der Waals surface area contributed by atoms with Crippen LogP contribution >= 0.6 is 0 Å². The molecular formula is C30H35N5O4. The van der Waals surface area contributed by atoms with Crippen LogP contribution in [-0.2, 0) is 16.1 Å². The molecule has 0 saturated heterocycles. The molecule has 1 heterocycles. The summed E-state index contributed by atoms with van der Waals surface area (Å²) in [5, 5.41) is 11.5. The van der Waals surface area contributed by atoms with Crippen molar-refractivity contribution in [2.75, 3.05) is 25.7 Å². The predicted molar refractivity (Wildman–Crippen MR) is 151 cm³/mol. The second-order valence-corrected chi connectivity index (χ2v) is 9.77. The van der Waals surface area contributed by atoms with Crippen molar-refractivity contribution in [1.82, 2.24) is 20.3 Å². The SMILES string of the molecule is COc1ccc([C@H](C(=O)NCCC(C)C)N(C(=O)Cn2nnc3ccccc32)c2ccccc2C)c(OC)c1. The van der Waals surface area contributed by atoms with E-state index in [1.807, 2.05) is 55.5 Å². The first-order valence-corrected chi connectivity index (χ1v) is 13.0. The van der Waals surface area contributed by atoms with E-state index < -0.39 is 6.04 Å². The summed E-state index contributed by atoms with van der Waals surface area (Å²) in [4.78, 5) is 29.7. The molecule has 39 heavy (non-hydrogen) atoms. The fraction of sp³-hybridized carbons (Fsp3) is 0.333. The van der Waals surface area contributed by atoms with E-state index in [1.54, 1.807) is 34.9 Å². The van der Waals surface area contributed by atoms with Crippen molar-refractivity contribution < 1.29 is 19.1 Å². The van der Waals surface area contributed by atoms with E-state index in [-0.39, 0.29) is 18.4 Å². The maximum absolute atomic E-state index is 14.2. The zero-order chi connectivity index (χ0) is 27.9. The van der Waals surface area contributed by atoms with Gasteiger partial charge in [0.1, 0.15) is 29.6 Å². The lowest BCUT2D eigenvalue weighted by molar-refractivity contribution is -0.127. The Labute approximate surface area is 228 Å². The Morgan fingerprint density at radius 3 is 2.46 bits per heavy atom. The Morgan fingerprint density at radius 1 is 1.00 bits per heavy atom. The van der Waals surface area contributed by atoms with Crippen LogP contribution in [0.5, 0.6) is 11.5 Å². The number of aromatic nitrogens is 3. The van der Waals surface area contributed by atoms with Crippen molar-refractivity contribution >= 4 is 28.5 Å². The first-order chi connectivity index (χ1) is 18.8. The highest BCUT2D eigenvalue weighted by atomic mass is 16.5. The highest BCUT2D eigenvalue weighted by molar-refractivity contribution is 6.02. The third kappa shape index (κ3) is 6.19. The minimum Gasteiger partial charge on any atom is -0.497 e. The zero-order valence-corrected chi connectivity index (χ0v) is 23.0. The van der Waals surface area contributed by atoms with Crippen LogP contribution in [0.4, 0.5) is 5.69 Å². The lowest BCUT2D eigenvalue weighted by Gasteiger charge is -2.33. The van der Waals surface area contributed by atoms with Gasteiger partial charge in [0, 0.05) is 23.9 Å². The Bertz CT molecular complexity index is 1450. The van der Waals surface area contributed by atoms with Crippen LogP contribution in [0.15, 0.2) is 66.7 Å². The molecule has 1 atom stereocenters. The minimum absolute atomic E-state index is 0.108. The normalized spacial score (nSPS) is 11.8. The molecule has 1 N–H and O–H groups in total. The van der Waals surface area contributed by atoms with Gasteiger partial charge in [-0.05, 0) is 55.2 Å². The zero-order valence-electron chi connectivity index (χ0n) is 23.0. The third-order valence-corrected chi connectivity index (χ3v) is 6.61. The van der Waals surface area contributed by atoms with E-state index in [1.165, 1.54) is 7.11 Å². The number of benzene rings is 3. The summed E-state index contributed by atoms with van der Waals surface area (Å²) in [6, 6.07) is 19.2. The number of methoxy groups -OCH3 is 2. The summed E-state index contributed by atoms with van der Waals surface area (Å²) in [5.41, 5.74) is 3.43. The Hall–Kier alpha value is -4.40. The van der Waals surface area contributed by atoms with E-state index in [0.717, 1.165) is 17.5 Å². The van der Waals surface area contributed by atoms with Crippen molar-refractivity contribution in [3.05, 3.63) is 77.9 Å². The van der Waals surface area contributed by atoms with Crippen LogP contribution in [0.1, 0.15) is 37.4 Å². The average molecular weight is 530 g/mol. The van der Waals surface area contributed by atoms with Crippen LogP contribution in [-0.4, -0.2) is 47.6 Å². The van der Waals surface area contributed by atoms with Gasteiger partial charge in [0.15, 0.2) is 0 Å².